The number of carbonyl (C=O) groups is 3. The van der Waals surface area contributed by atoms with Crippen LogP contribution in [-0.2, 0) is 9.53 Å². The molecule has 1 heterocycles. The van der Waals surface area contributed by atoms with Gasteiger partial charge in [0.05, 0.1) is 5.56 Å². The van der Waals surface area contributed by atoms with Crippen LogP contribution in [0.25, 0.3) is 11.1 Å². The number of hydrogen-bond donors (Lipinski definition) is 1. The predicted molar refractivity (Wildman–Crippen MR) is 91.9 cm³/mol. The van der Waals surface area contributed by atoms with Crippen LogP contribution in [0.2, 0.25) is 0 Å². The number of nitrogens with zero attached hydrogens (tertiary/aromatic N) is 1. The van der Waals surface area contributed by atoms with E-state index in [9.17, 15) is 14.4 Å². The predicted octanol–water partition coefficient (Wildman–Crippen LogP) is 2.45. The molecule has 1 saturated heterocycles. The summed E-state index contributed by atoms with van der Waals surface area (Å²) in [6, 6.07) is 16.3. The molecule has 1 aliphatic heterocycles. The summed E-state index contributed by atoms with van der Waals surface area (Å²) in [6.07, 6.45) is -1.02. The van der Waals surface area contributed by atoms with Crippen molar-refractivity contribution in [1.29, 1.82) is 0 Å². The average Bonchev–Trinajstić information content (AvgIpc) is 3.07. The normalized spacial score (nSPS) is 14.8. The van der Waals surface area contributed by atoms with E-state index in [0.29, 0.717) is 12.1 Å². The summed E-state index contributed by atoms with van der Waals surface area (Å²) in [5.41, 5.74) is 2.38. The summed E-state index contributed by atoms with van der Waals surface area (Å²) in [4.78, 5) is 36.9. The van der Waals surface area contributed by atoms with Gasteiger partial charge in [0.25, 0.3) is 5.91 Å². The van der Waals surface area contributed by atoms with Crippen molar-refractivity contribution in [3.63, 3.8) is 0 Å². The number of esters is 1. The Morgan fingerprint density at radius 3 is 2.28 bits per heavy atom. The number of rotatable bonds is 4. The first kappa shape index (κ1) is 16.7. The number of carbonyl (C=O) groups excluding carboxylic acids is 3. The van der Waals surface area contributed by atoms with Gasteiger partial charge >= 0.3 is 12.0 Å². The van der Waals surface area contributed by atoms with Gasteiger partial charge in [0.1, 0.15) is 0 Å². The van der Waals surface area contributed by atoms with E-state index in [1.54, 1.807) is 12.1 Å². The van der Waals surface area contributed by atoms with Gasteiger partial charge in [-0.1, -0.05) is 42.5 Å². The highest BCUT2D eigenvalue weighted by Crippen LogP contribution is 2.19. The fraction of sp³-hybridized carbons (Fsp3) is 0.211. The third-order valence-corrected chi connectivity index (χ3v) is 3.98. The lowest BCUT2D eigenvalue weighted by molar-refractivity contribution is -0.136. The van der Waals surface area contributed by atoms with Crippen LogP contribution in [0, 0.1) is 0 Å². The van der Waals surface area contributed by atoms with E-state index < -0.39 is 24.0 Å². The van der Waals surface area contributed by atoms with Crippen molar-refractivity contribution in [1.82, 2.24) is 10.2 Å². The molecule has 2 aromatic carbocycles. The molecule has 3 amide bonds. The number of amides is 3. The van der Waals surface area contributed by atoms with Gasteiger partial charge in [-0.2, -0.15) is 0 Å². The van der Waals surface area contributed by atoms with Crippen LogP contribution < -0.4 is 5.32 Å². The minimum atomic E-state index is -1.02. The van der Waals surface area contributed by atoms with Gasteiger partial charge in [0.2, 0.25) is 0 Å². The maximum absolute atomic E-state index is 12.2. The zero-order valence-electron chi connectivity index (χ0n) is 13.8. The third-order valence-electron chi connectivity index (χ3n) is 3.98. The second-order valence-electron chi connectivity index (χ2n) is 5.71. The fourth-order valence-corrected chi connectivity index (χ4v) is 2.61. The maximum Gasteiger partial charge on any atom is 0.338 e. The number of urea groups is 1. The zero-order chi connectivity index (χ0) is 17.8. The van der Waals surface area contributed by atoms with Crippen molar-refractivity contribution in [3.05, 3.63) is 60.2 Å². The smallest absolute Gasteiger partial charge is 0.338 e. The van der Waals surface area contributed by atoms with Crippen LogP contribution in [0.4, 0.5) is 4.79 Å². The molecule has 0 bridgehead atoms. The molecule has 128 valence electrons. The van der Waals surface area contributed by atoms with Crippen LogP contribution in [-0.4, -0.2) is 42.0 Å². The van der Waals surface area contributed by atoms with Gasteiger partial charge in [0.15, 0.2) is 6.10 Å². The summed E-state index contributed by atoms with van der Waals surface area (Å²) in [6.45, 7) is 2.15. The van der Waals surface area contributed by atoms with Crippen molar-refractivity contribution in [3.8, 4) is 11.1 Å². The molecule has 0 saturated carbocycles. The summed E-state index contributed by atoms with van der Waals surface area (Å²) in [5.74, 6) is -1.12. The molecule has 3 rings (SSSR count). The van der Waals surface area contributed by atoms with Gasteiger partial charge < -0.3 is 10.1 Å². The summed E-state index contributed by atoms with van der Waals surface area (Å²) in [7, 11) is 0. The number of hydrogen-bond acceptors (Lipinski definition) is 4. The minimum absolute atomic E-state index is 0.283. The summed E-state index contributed by atoms with van der Waals surface area (Å²) in [5, 5.41) is 2.54. The molecule has 0 radical (unpaired) electrons. The fourth-order valence-electron chi connectivity index (χ4n) is 2.61. The zero-order valence-corrected chi connectivity index (χ0v) is 13.8. The molecule has 1 N–H and O–H groups in total. The number of imide groups is 1. The van der Waals surface area contributed by atoms with Gasteiger partial charge in [-0.25, -0.2) is 9.59 Å². The van der Waals surface area contributed by atoms with Crippen molar-refractivity contribution in [2.75, 3.05) is 13.1 Å². The number of ether oxygens (including phenoxy) is 1. The lowest BCUT2D eigenvalue weighted by Gasteiger charge is -2.18. The SMILES string of the molecule is C[C@H](OC(=O)c1ccc(-c2ccccc2)cc1)C(=O)N1CCNC1=O. The highest BCUT2D eigenvalue weighted by molar-refractivity contribution is 5.99. The molecule has 1 atom stereocenters. The molecule has 2 aromatic rings. The lowest BCUT2D eigenvalue weighted by Crippen LogP contribution is -2.41. The van der Waals surface area contributed by atoms with Gasteiger partial charge in [-0.05, 0) is 30.2 Å². The van der Waals surface area contributed by atoms with Gasteiger partial charge in [-0.3, -0.25) is 9.69 Å². The minimum Gasteiger partial charge on any atom is -0.449 e. The second kappa shape index (κ2) is 7.17. The van der Waals surface area contributed by atoms with Crippen LogP contribution in [0.1, 0.15) is 17.3 Å². The van der Waals surface area contributed by atoms with Crippen molar-refractivity contribution >= 4 is 17.9 Å². The standard InChI is InChI=1S/C19H18N2O4/c1-13(17(22)21-12-11-20-19(21)24)25-18(23)16-9-7-15(8-10-16)14-5-3-2-4-6-14/h2-10,13H,11-12H2,1H3,(H,20,24)/t13-/m0/s1. The summed E-state index contributed by atoms with van der Waals surface area (Å²) < 4.78 is 5.19. The monoisotopic (exact) mass is 338 g/mol. The Hall–Kier alpha value is -3.15. The highest BCUT2D eigenvalue weighted by atomic mass is 16.5. The molecule has 0 aromatic heterocycles. The molecule has 25 heavy (non-hydrogen) atoms. The van der Waals surface area contributed by atoms with Gasteiger partial charge in [-0.15, -0.1) is 0 Å². The number of benzene rings is 2. The maximum atomic E-state index is 12.2. The molecular formula is C19H18N2O4. The Morgan fingerprint density at radius 2 is 1.68 bits per heavy atom. The van der Waals surface area contributed by atoms with E-state index in [1.807, 2.05) is 42.5 Å². The third kappa shape index (κ3) is 3.68. The average molecular weight is 338 g/mol. The first-order valence-corrected chi connectivity index (χ1v) is 8.02. The molecule has 6 nitrogen and oxygen atoms in total. The van der Waals surface area contributed by atoms with Gasteiger partial charge in [0, 0.05) is 13.1 Å². The Morgan fingerprint density at radius 1 is 1.04 bits per heavy atom. The summed E-state index contributed by atoms with van der Waals surface area (Å²) >= 11 is 0. The number of nitrogens with one attached hydrogen (secondary N) is 1. The quantitative estimate of drug-likeness (QED) is 0.869. The van der Waals surface area contributed by atoms with Crippen molar-refractivity contribution in [2.45, 2.75) is 13.0 Å². The van der Waals surface area contributed by atoms with E-state index in [2.05, 4.69) is 5.32 Å². The molecule has 1 aliphatic rings. The first-order chi connectivity index (χ1) is 12.1. The van der Waals surface area contributed by atoms with Crippen LogP contribution in [0.5, 0.6) is 0 Å². The van der Waals surface area contributed by atoms with Crippen LogP contribution in [0.15, 0.2) is 54.6 Å². The van der Waals surface area contributed by atoms with E-state index in [0.717, 1.165) is 16.0 Å². The van der Waals surface area contributed by atoms with E-state index in [-0.39, 0.29) is 6.54 Å². The molecule has 6 heteroatoms. The Labute approximate surface area is 145 Å². The van der Waals surface area contributed by atoms with Crippen LogP contribution >= 0.6 is 0 Å². The molecule has 0 unspecified atom stereocenters. The highest BCUT2D eigenvalue weighted by Gasteiger charge is 2.31. The second-order valence-corrected chi connectivity index (χ2v) is 5.71. The molecule has 0 aliphatic carbocycles. The van der Waals surface area contributed by atoms with E-state index in [4.69, 9.17) is 4.74 Å². The molecule has 0 spiro atoms. The Bertz CT molecular complexity index is 787. The van der Waals surface area contributed by atoms with Crippen molar-refractivity contribution < 1.29 is 19.1 Å². The molecular weight excluding hydrogens is 320 g/mol. The largest absolute Gasteiger partial charge is 0.449 e. The van der Waals surface area contributed by atoms with Crippen molar-refractivity contribution in [2.24, 2.45) is 0 Å². The Kier molecular flexibility index (Phi) is 4.79. The van der Waals surface area contributed by atoms with E-state index >= 15 is 0 Å². The first-order valence-electron chi connectivity index (χ1n) is 8.02. The topological polar surface area (TPSA) is 75.7 Å². The van der Waals surface area contributed by atoms with E-state index in [1.165, 1.54) is 6.92 Å². The lowest BCUT2D eigenvalue weighted by atomic mass is 10.0. The van der Waals surface area contributed by atoms with Crippen LogP contribution in [0.3, 0.4) is 0 Å². The Balaban J connectivity index is 1.65. The molecule has 1 fully saturated rings.